The fourth-order valence-corrected chi connectivity index (χ4v) is 11.1. The minimum Gasteiger partial charge on any atom is -0.497 e. The summed E-state index contributed by atoms with van der Waals surface area (Å²) in [6.45, 7) is 1.84. The second-order valence-corrected chi connectivity index (χ2v) is 14.6. The minimum atomic E-state index is -0.379. The van der Waals surface area contributed by atoms with Crippen molar-refractivity contribution in [2.24, 2.45) is 29.6 Å². The Balaban J connectivity index is 1.05. The molecule has 3 heterocycles. The molecule has 4 aliphatic rings. The number of carbonyl (C=O) groups excluding carboxylic acids is 3. The summed E-state index contributed by atoms with van der Waals surface area (Å²) in [5.41, 5.74) is 3.37. The Bertz CT molecular complexity index is 1920. The SMILES string of the molecule is COc1ccc(N2C(=O)[C@H]3[C@H]4C[C@@H]([C@@H]3C2=O)[C@@H]2[C@H](c3ccc(OCC(=O)Nc5cccc(C)c5)cc3)c3sc(=O)[nH]c3S[C@H]42)cc1. The van der Waals surface area contributed by atoms with Gasteiger partial charge in [-0.3, -0.25) is 24.1 Å². The average Bonchev–Trinajstić information content (AvgIpc) is 3.79. The molecule has 2 saturated carbocycles. The standard InChI is InChI=1S/C35H31N3O6S2/c1-17-4-3-5-19(14-17)36-25(39)16-44-22-10-6-18(7-11-22)26-27-23-15-24(30(27)45-32-31(26)46-35(42)37-32)29-28(23)33(40)38(34(29)41)20-8-12-21(43-2)13-9-20/h3-14,23-24,26-30H,15-16H2,1-2H3,(H,36,39)(H,37,42)/t23-,24-,26+,27-,28+,29+,30-/m1/s1. The van der Waals surface area contributed by atoms with Crippen molar-refractivity contribution in [1.82, 2.24) is 4.98 Å². The van der Waals surface area contributed by atoms with Crippen LogP contribution in [0, 0.1) is 36.5 Å². The van der Waals surface area contributed by atoms with Crippen molar-refractivity contribution >= 4 is 52.2 Å². The Labute approximate surface area is 273 Å². The van der Waals surface area contributed by atoms with Gasteiger partial charge in [0.15, 0.2) is 6.61 Å². The largest absolute Gasteiger partial charge is 0.497 e. The van der Waals surface area contributed by atoms with Crippen molar-refractivity contribution in [3.63, 3.8) is 0 Å². The van der Waals surface area contributed by atoms with Crippen molar-refractivity contribution in [3.05, 3.63) is 98.5 Å². The molecule has 8 rings (SSSR count). The van der Waals surface area contributed by atoms with Gasteiger partial charge in [-0.2, -0.15) is 0 Å². The molecule has 1 aromatic heterocycles. The zero-order valence-corrected chi connectivity index (χ0v) is 26.7. The average molecular weight is 654 g/mol. The lowest BCUT2D eigenvalue weighted by Crippen LogP contribution is -2.42. The molecule has 0 spiro atoms. The maximum absolute atomic E-state index is 14.0. The zero-order chi connectivity index (χ0) is 31.7. The lowest BCUT2D eigenvalue weighted by Gasteiger charge is -2.43. The molecule has 3 amide bonds. The summed E-state index contributed by atoms with van der Waals surface area (Å²) in [6, 6.07) is 22.3. The number of aryl methyl sites for hydroxylation is 1. The number of carbonyl (C=O) groups is 3. The summed E-state index contributed by atoms with van der Waals surface area (Å²) in [6.07, 6.45) is 0.818. The van der Waals surface area contributed by atoms with E-state index in [-0.39, 0.29) is 70.0 Å². The number of nitrogens with zero attached hydrogens (tertiary/aromatic N) is 1. The van der Waals surface area contributed by atoms with Crippen LogP contribution in [0.2, 0.25) is 0 Å². The van der Waals surface area contributed by atoms with Gasteiger partial charge in [0.2, 0.25) is 11.8 Å². The Kier molecular flexibility index (Phi) is 7.06. The monoisotopic (exact) mass is 653 g/mol. The molecule has 0 unspecified atom stereocenters. The second-order valence-electron chi connectivity index (χ2n) is 12.4. The summed E-state index contributed by atoms with van der Waals surface area (Å²) >= 11 is 2.89. The van der Waals surface area contributed by atoms with E-state index in [1.807, 2.05) is 55.5 Å². The summed E-state index contributed by atoms with van der Waals surface area (Å²) in [5, 5.41) is 3.82. The highest BCUT2D eigenvalue weighted by Gasteiger charge is 2.69. The molecule has 2 N–H and O–H groups in total. The summed E-state index contributed by atoms with van der Waals surface area (Å²) < 4.78 is 11.1. The predicted molar refractivity (Wildman–Crippen MR) is 176 cm³/mol. The molecule has 234 valence electrons. The van der Waals surface area contributed by atoms with Crippen LogP contribution in [0.25, 0.3) is 0 Å². The number of thioether (sulfide) groups is 1. The van der Waals surface area contributed by atoms with E-state index in [1.54, 1.807) is 43.1 Å². The Morgan fingerprint density at radius 2 is 1.67 bits per heavy atom. The second kappa shape index (κ2) is 11.2. The first-order chi connectivity index (χ1) is 22.3. The van der Waals surface area contributed by atoms with Gasteiger partial charge < -0.3 is 19.8 Å². The first kappa shape index (κ1) is 29.1. The summed E-state index contributed by atoms with van der Waals surface area (Å²) in [4.78, 5) is 58.2. The number of aromatic amines is 1. The molecule has 1 saturated heterocycles. The number of amides is 3. The van der Waals surface area contributed by atoms with Crippen LogP contribution in [0.3, 0.4) is 0 Å². The zero-order valence-electron chi connectivity index (χ0n) is 25.1. The Morgan fingerprint density at radius 1 is 0.957 bits per heavy atom. The van der Waals surface area contributed by atoms with Gasteiger partial charge in [-0.25, -0.2) is 0 Å². The van der Waals surface area contributed by atoms with Crippen molar-refractivity contribution < 1.29 is 23.9 Å². The van der Waals surface area contributed by atoms with E-state index in [0.717, 1.165) is 33.1 Å². The van der Waals surface area contributed by atoms with Crippen LogP contribution in [0.15, 0.2) is 82.6 Å². The van der Waals surface area contributed by atoms with E-state index in [2.05, 4.69) is 10.3 Å². The van der Waals surface area contributed by atoms with Gasteiger partial charge in [-0.05, 0) is 90.8 Å². The molecule has 2 aliphatic heterocycles. The van der Waals surface area contributed by atoms with Crippen LogP contribution < -0.4 is 24.6 Å². The number of nitrogens with one attached hydrogen (secondary N) is 2. The third-order valence-electron chi connectivity index (χ3n) is 9.97. The number of fused-ring (bicyclic) bond motifs is 9. The first-order valence-corrected chi connectivity index (χ1v) is 17.0. The maximum atomic E-state index is 14.0. The van der Waals surface area contributed by atoms with E-state index in [9.17, 15) is 19.2 Å². The van der Waals surface area contributed by atoms with Gasteiger partial charge in [0.1, 0.15) is 11.5 Å². The molecule has 4 aromatic rings. The molecular formula is C35H31N3O6S2. The van der Waals surface area contributed by atoms with Crippen molar-refractivity contribution in [2.45, 2.75) is 29.5 Å². The third kappa shape index (κ3) is 4.67. The number of rotatable bonds is 7. The highest BCUT2D eigenvalue weighted by atomic mass is 32.2. The first-order valence-electron chi connectivity index (χ1n) is 15.3. The molecule has 3 fully saturated rings. The van der Waals surface area contributed by atoms with Gasteiger partial charge in [-0.15, -0.1) is 11.8 Å². The molecule has 11 heteroatoms. The van der Waals surface area contributed by atoms with E-state index in [0.29, 0.717) is 17.2 Å². The highest BCUT2D eigenvalue weighted by molar-refractivity contribution is 8.00. The van der Waals surface area contributed by atoms with Gasteiger partial charge in [0, 0.05) is 21.7 Å². The highest BCUT2D eigenvalue weighted by Crippen LogP contribution is 2.68. The lowest BCUT2D eigenvalue weighted by atomic mass is 9.68. The van der Waals surface area contributed by atoms with Crippen molar-refractivity contribution in [3.8, 4) is 11.5 Å². The molecular weight excluding hydrogens is 623 g/mol. The number of anilines is 2. The minimum absolute atomic E-state index is 0.0174. The maximum Gasteiger partial charge on any atom is 0.305 e. The number of benzene rings is 3. The number of thiazole rings is 1. The van der Waals surface area contributed by atoms with Crippen LogP contribution in [-0.4, -0.2) is 41.7 Å². The van der Waals surface area contributed by atoms with Crippen molar-refractivity contribution in [1.29, 1.82) is 0 Å². The molecule has 9 nitrogen and oxygen atoms in total. The number of imide groups is 1. The van der Waals surface area contributed by atoms with Gasteiger partial charge in [0.25, 0.3) is 5.91 Å². The number of H-pyrrole nitrogens is 1. The molecule has 2 bridgehead atoms. The third-order valence-corrected chi connectivity index (χ3v) is 12.6. The van der Waals surface area contributed by atoms with Gasteiger partial charge >= 0.3 is 4.87 Å². The van der Waals surface area contributed by atoms with E-state index < -0.39 is 0 Å². The number of hydrogen-bond donors (Lipinski definition) is 2. The smallest absolute Gasteiger partial charge is 0.305 e. The van der Waals surface area contributed by atoms with E-state index in [1.165, 1.54) is 16.2 Å². The molecule has 7 atom stereocenters. The fraction of sp³-hybridized carbons (Fsp3) is 0.314. The quantitative estimate of drug-likeness (QED) is 0.255. The number of hydrogen-bond acceptors (Lipinski definition) is 8. The molecule has 46 heavy (non-hydrogen) atoms. The van der Waals surface area contributed by atoms with Gasteiger partial charge in [0.05, 0.1) is 29.7 Å². The summed E-state index contributed by atoms with van der Waals surface area (Å²) in [5.74, 6) is 0.0336. The Hall–Kier alpha value is -4.35. The number of ether oxygens (including phenoxy) is 2. The van der Waals surface area contributed by atoms with E-state index in [4.69, 9.17) is 9.47 Å². The van der Waals surface area contributed by atoms with E-state index >= 15 is 0 Å². The van der Waals surface area contributed by atoms with Crippen LogP contribution in [0.5, 0.6) is 11.5 Å². The normalized spacial score (nSPS) is 27.3. The number of methoxy groups -OCH3 is 1. The molecule has 3 aromatic carbocycles. The topological polar surface area (TPSA) is 118 Å². The van der Waals surface area contributed by atoms with Crippen molar-refractivity contribution in [2.75, 3.05) is 23.9 Å². The molecule has 2 aliphatic carbocycles. The fourth-order valence-electron chi connectivity index (χ4n) is 8.22. The Morgan fingerprint density at radius 3 is 2.39 bits per heavy atom. The lowest BCUT2D eigenvalue weighted by molar-refractivity contribution is -0.123. The van der Waals surface area contributed by atoms with Crippen LogP contribution in [0.1, 0.15) is 28.3 Å². The van der Waals surface area contributed by atoms with Crippen LogP contribution in [-0.2, 0) is 14.4 Å². The van der Waals surface area contributed by atoms with Gasteiger partial charge in [-0.1, -0.05) is 35.6 Å². The van der Waals surface area contributed by atoms with Crippen LogP contribution >= 0.6 is 23.1 Å². The van der Waals surface area contributed by atoms with Crippen LogP contribution in [0.4, 0.5) is 11.4 Å². The summed E-state index contributed by atoms with van der Waals surface area (Å²) in [7, 11) is 1.58. The number of aromatic nitrogens is 1. The predicted octanol–water partition coefficient (Wildman–Crippen LogP) is 5.45. The molecule has 0 radical (unpaired) electrons.